The summed E-state index contributed by atoms with van der Waals surface area (Å²) < 4.78 is 0. The zero-order valence-electron chi connectivity index (χ0n) is 18.6. The fourth-order valence-corrected chi connectivity index (χ4v) is 4.05. The van der Waals surface area contributed by atoms with E-state index in [2.05, 4.69) is 35.1 Å². The summed E-state index contributed by atoms with van der Waals surface area (Å²) in [5.74, 6) is -0.221. The first-order chi connectivity index (χ1) is 17.1. The molecule has 0 saturated carbocycles. The third kappa shape index (κ3) is 3.57. The van der Waals surface area contributed by atoms with Crippen molar-refractivity contribution in [1.82, 2.24) is 40.1 Å². The molecule has 35 heavy (non-hydrogen) atoms. The molecule has 6 heterocycles. The van der Waals surface area contributed by atoms with Crippen LogP contribution >= 0.6 is 0 Å². The van der Waals surface area contributed by atoms with Crippen LogP contribution in [0.1, 0.15) is 18.4 Å². The largest absolute Gasteiger partial charge is 0.369 e. The first kappa shape index (κ1) is 20.6. The summed E-state index contributed by atoms with van der Waals surface area (Å²) >= 11 is 0. The van der Waals surface area contributed by atoms with E-state index in [4.69, 9.17) is 10.7 Å². The predicted octanol–water partition coefficient (Wildman–Crippen LogP) is 3.61. The minimum Gasteiger partial charge on any atom is -0.369 e. The Morgan fingerprint density at radius 1 is 0.943 bits per heavy atom. The molecule has 1 unspecified atom stereocenters. The zero-order chi connectivity index (χ0) is 23.9. The van der Waals surface area contributed by atoms with E-state index in [9.17, 15) is 4.79 Å². The van der Waals surface area contributed by atoms with Gasteiger partial charge in [0.05, 0.1) is 28.5 Å². The van der Waals surface area contributed by atoms with Crippen molar-refractivity contribution in [3.05, 3.63) is 73.2 Å². The van der Waals surface area contributed by atoms with Crippen LogP contribution in [0.4, 0.5) is 0 Å². The van der Waals surface area contributed by atoms with Crippen molar-refractivity contribution in [2.75, 3.05) is 0 Å². The normalized spacial score (nSPS) is 12.3. The lowest BCUT2D eigenvalue weighted by molar-refractivity contribution is -0.119. The average molecular weight is 461 g/mol. The van der Waals surface area contributed by atoms with E-state index < -0.39 is 11.8 Å². The number of primary amides is 1. The van der Waals surface area contributed by atoms with Gasteiger partial charge >= 0.3 is 0 Å². The number of hydrogen-bond acceptors (Lipinski definition) is 7. The fourth-order valence-electron chi connectivity index (χ4n) is 4.05. The highest BCUT2D eigenvalue weighted by atomic mass is 16.1. The second-order valence-electron chi connectivity index (χ2n) is 8.23. The Bertz CT molecular complexity index is 1700. The van der Waals surface area contributed by atoms with Crippen LogP contribution in [0.3, 0.4) is 0 Å². The van der Waals surface area contributed by atoms with Crippen molar-refractivity contribution >= 4 is 28.0 Å². The van der Waals surface area contributed by atoms with Gasteiger partial charge in [-0.05, 0) is 42.3 Å². The van der Waals surface area contributed by atoms with Gasteiger partial charge in [0.1, 0.15) is 5.69 Å². The van der Waals surface area contributed by atoms with Gasteiger partial charge in [-0.3, -0.25) is 24.8 Å². The van der Waals surface area contributed by atoms with E-state index in [0.29, 0.717) is 17.2 Å². The monoisotopic (exact) mass is 461 g/mol. The summed E-state index contributed by atoms with van der Waals surface area (Å²) in [4.78, 5) is 37.1. The van der Waals surface area contributed by atoms with Gasteiger partial charge in [0.15, 0.2) is 11.5 Å². The summed E-state index contributed by atoms with van der Waals surface area (Å²) in [5.41, 5.74) is 12.6. The summed E-state index contributed by atoms with van der Waals surface area (Å²) in [6.45, 7) is 1.76. The number of nitrogens with zero attached hydrogens (tertiary/aromatic N) is 6. The second-order valence-corrected chi connectivity index (χ2v) is 8.23. The predicted molar refractivity (Wildman–Crippen MR) is 131 cm³/mol. The van der Waals surface area contributed by atoms with Crippen LogP contribution in [0.2, 0.25) is 0 Å². The first-order valence-electron chi connectivity index (χ1n) is 10.9. The minimum absolute atomic E-state index is 0.403. The molecule has 0 aliphatic rings. The number of carbonyl (C=O) groups is 1. The number of carbonyl (C=O) groups excluding carboxylic acids is 1. The molecular formula is C25H19N9O. The number of imidazole rings is 1. The molecule has 6 rings (SSSR count). The zero-order valence-corrected chi connectivity index (χ0v) is 18.6. The second kappa shape index (κ2) is 8.10. The molecule has 10 heteroatoms. The van der Waals surface area contributed by atoms with Gasteiger partial charge in [-0.1, -0.05) is 0 Å². The smallest absolute Gasteiger partial charge is 0.224 e. The Hall–Kier alpha value is -4.99. The molecule has 10 nitrogen and oxygen atoms in total. The van der Waals surface area contributed by atoms with Crippen molar-refractivity contribution in [3.8, 4) is 33.8 Å². The standard InChI is InChI=1S/C25H19N9O/c1-13(23(26)35)15-6-16(9-28-8-15)17-7-18-22(33-34-24(18)30-10-17)25-31-20-12-29-11-19(21(20)32-25)14-2-4-27-5-3-14/h2-13H,1H3,(H2,26,35)(H,31,32)(H,30,33,34). The number of fused-ring (bicyclic) bond motifs is 2. The molecule has 0 fully saturated rings. The van der Waals surface area contributed by atoms with Gasteiger partial charge in [0, 0.05) is 53.9 Å². The van der Waals surface area contributed by atoms with Crippen molar-refractivity contribution in [1.29, 1.82) is 0 Å². The van der Waals surface area contributed by atoms with Gasteiger partial charge in [-0.25, -0.2) is 9.97 Å². The number of nitrogens with two attached hydrogens (primary N) is 1. The van der Waals surface area contributed by atoms with Crippen LogP contribution < -0.4 is 5.73 Å². The average Bonchev–Trinajstić information content (AvgIpc) is 3.52. The molecule has 0 bridgehead atoms. The summed E-state index contributed by atoms with van der Waals surface area (Å²) in [7, 11) is 0. The molecule has 0 spiro atoms. The molecule has 6 aromatic rings. The Balaban J connectivity index is 1.46. The molecule has 170 valence electrons. The molecule has 0 radical (unpaired) electrons. The summed E-state index contributed by atoms with van der Waals surface area (Å²) in [5, 5.41) is 8.21. The third-order valence-electron chi connectivity index (χ3n) is 6.05. The van der Waals surface area contributed by atoms with E-state index in [-0.39, 0.29) is 0 Å². The highest BCUT2D eigenvalue weighted by molar-refractivity contribution is 5.96. The quantitative estimate of drug-likeness (QED) is 0.354. The molecule has 1 atom stereocenters. The molecule has 0 aliphatic carbocycles. The maximum atomic E-state index is 11.6. The Labute approximate surface area is 198 Å². The van der Waals surface area contributed by atoms with E-state index in [1.165, 1.54) is 0 Å². The van der Waals surface area contributed by atoms with Gasteiger partial charge in [-0.15, -0.1) is 0 Å². The summed E-state index contributed by atoms with van der Waals surface area (Å²) in [6, 6.07) is 7.73. The molecule has 0 saturated heterocycles. The van der Waals surface area contributed by atoms with Crippen LogP contribution in [0.15, 0.2) is 67.6 Å². The van der Waals surface area contributed by atoms with Crippen LogP contribution in [0.25, 0.3) is 55.8 Å². The molecule has 4 N–H and O–H groups in total. The van der Waals surface area contributed by atoms with Gasteiger partial charge in [-0.2, -0.15) is 5.10 Å². The Kier molecular flexibility index (Phi) is 4.77. The van der Waals surface area contributed by atoms with E-state index >= 15 is 0 Å². The SMILES string of the molecule is CC(C(N)=O)c1cncc(-c2cnc3n[nH]c(-c4nc5c(-c6ccncc6)cncc5[nH]4)c3c2)c1. The topological polar surface area (TPSA) is 152 Å². The Morgan fingerprint density at radius 3 is 2.57 bits per heavy atom. The van der Waals surface area contributed by atoms with Crippen molar-refractivity contribution in [2.24, 2.45) is 5.73 Å². The Morgan fingerprint density at radius 2 is 1.74 bits per heavy atom. The molecule has 1 amide bonds. The molecule has 0 aromatic carbocycles. The van der Waals surface area contributed by atoms with E-state index in [1.807, 2.05) is 24.3 Å². The van der Waals surface area contributed by atoms with Crippen LogP contribution in [0.5, 0.6) is 0 Å². The van der Waals surface area contributed by atoms with E-state index in [1.54, 1.807) is 50.3 Å². The molecule has 0 aliphatic heterocycles. The van der Waals surface area contributed by atoms with Crippen LogP contribution in [-0.2, 0) is 4.79 Å². The first-order valence-corrected chi connectivity index (χ1v) is 10.9. The van der Waals surface area contributed by atoms with Crippen LogP contribution in [0, 0.1) is 0 Å². The lowest BCUT2D eigenvalue weighted by Crippen LogP contribution is -2.18. The molecular weight excluding hydrogens is 442 g/mol. The number of hydrogen-bond donors (Lipinski definition) is 3. The lowest BCUT2D eigenvalue weighted by Gasteiger charge is -2.09. The number of aromatic nitrogens is 8. The number of H-pyrrole nitrogens is 2. The number of amides is 1. The van der Waals surface area contributed by atoms with Gasteiger partial charge < -0.3 is 10.7 Å². The fraction of sp³-hybridized carbons (Fsp3) is 0.0800. The van der Waals surface area contributed by atoms with Crippen molar-refractivity contribution in [3.63, 3.8) is 0 Å². The number of rotatable bonds is 5. The van der Waals surface area contributed by atoms with Gasteiger partial charge in [0.2, 0.25) is 5.91 Å². The highest BCUT2D eigenvalue weighted by Gasteiger charge is 2.17. The lowest BCUT2D eigenvalue weighted by atomic mass is 9.99. The minimum atomic E-state index is -0.442. The maximum absolute atomic E-state index is 11.6. The number of nitrogens with one attached hydrogen (secondary N) is 2. The number of pyridine rings is 4. The van der Waals surface area contributed by atoms with Crippen LogP contribution in [-0.4, -0.2) is 46.0 Å². The van der Waals surface area contributed by atoms with E-state index in [0.717, 1.165) is 44.2 Å². The molecule has 6 aromatic heterocycles. The number of aromatic amines is 2. The highest BCUT2D eigenvalue weighted by Crippen LogP contribution is 2.32. The third-order valence-corrected chi connectivity index (χ3v) is 6.05. The maximum Gasteiger partial charge on any atom is 0.224 e. The van der Waals surface area contributed by atoms with Gasteiger partial charge in [0.25, 0.3) is 0 Å². The van der Waals surface area contributed by atoms with Crippen molar-refractivity contribution < 1.29 is 4.79 Å². The summed E-state index contributed by atoms with van der Waals surface area (Å²) in [6.07, 6.45) is 12.1. The van der Waals surface area contributed by atoms with Crippen molar-refractivity contribution in [2.45, 2.75) is 12.8 Å².